The highest BCUT2D eigenvalue weighted by Crippen LogP contribution is 2.27. The third-order valence-corrected chi connectivity index (χ3v) is 3.68. The van der Waals surface area contributed by atoms with Crippen molar-refractivity contribution in [3.8, 4) is 17.2 Å². The number of para-hydroxylation sites is 3. The highest BCUT2D eigenvalue weighted by Gasteiger charge is 2.23. The first-order chi connectivity index (χ1) is 12.5. The van der Waals surface area contributed by atoms with E-state index in [9.17, 15) is 9.18 Å². The lowest BCUT2D eigenvalue weighted by Crippen LogP contribution is -2.12. The van der Waals surface area contributed by atoms with E-state index in [4.69, 9.17) is 9.47 Å². The van der Waals surface area contributed by atoms with Crippen LogP contribution >= 0.6 is 0 Å². The molecule has 3 rings (SSSR count). The van der Waals surface area contributed by atoms with E-state index in [-0.39, 0.29) is 23.2 Å². The fourth-order valence-electron chi connectivity index (χ4n) is 2.43. The summed E-state index contributed by atoms with van der Waals surface area (Å²) >= 11 is 0. The van der Waals surface area contributed by atoms with E-state index >= 15 is 0 Å². The van der Waals surface area contributed by atoms with Gasteiger partial charge in [0.05, 0.1) is 7.11 Å². The van der Waals surface area contributed by atoms with Crippen LogP contribution in [0.3, 0.4) is 0 Å². The number of halogens is 1. The summed E-state index contributed by atoms with van der Waals surface area (Å²) in [5, 5.41) is 4.16. The largest absolute Gasteiger partial charge is 0.493 e. The van der Waals surface area contributed by atoms with Crippen molar-refractivity contribution < 1.29 is 18.7 Å². The Labute approximate surface area is 150 Å². The van der Waals surface area contributed by atoms with Crippen molar-refractivity contribution in [3.05, 3.63) is 66.0 Å². The van der Waals surface area contributed by atoms with Crippen molar-refractivity contribution in [1.82, 2.24) is 14.8 Å². The van der Waals surface area contributed by atoms with Gasteiger partial charge in [0.1, 0.15) is 17.3 Å². The Morgan fingerprint density at radius 3 is 2.38 bits per heavy atom. The maximum atomic E-state index is 14.2. The summed E-state index contributed by atoms with van der Waals surface area (Å²) < 4.78 is 26.0. The number of rotatable bonds is 5. The molecule has 0 atom stereocenters. The Hall–Kier alpha value is -3.22. The first-order valence-electron chi connectivity index (χ1n) is 8.08. The van der Waals surface area contributed by atoms with Crippen LogP contribution in [-0.2, 0) is 0 Å². The van der Waals surface area contributed by atoms with Crippen LogP contribution in [0.25, 0.3) is 5.69 Å². The molecule has 0 spiro atoms. The van der Waals surface area contributed by atoms with E-state index in [1.54, 1.807) is 42.5 Å². The van der Waals surface area contributed by atoms with Crippen LogP contribution in [0.4, 0.5) is 4.39 Å². The SMILES string of the molecule is COc1ccccc1OC(=O)c1nc(C(C)C)n(-c2ccccc2F)n1. The standard InChI is InChI=1S/C19H18FN3O3/c1-12(2)18-21-17(22-23(18)14-9-5-4-8-13(14)20)19(24)26-16-11-7-6-10-15(16)25-3/h4-12H,1-3H3. The van der Waals surface area contributed by atoms with Crippen LogP contribution in [0.15, 0.2) is 48.5 Å². The molecule has 0 aliphatic rings. The van der Waals surface area contributed by atoms with Gasteiger partial charge in [0, 0.05) is 5.92 Å². The molecule has 134 valence electrons. The minimum atomic E-state index is -0.744. The number of hydrogen-bond acceptors (Lipinski definition) is 5. The van der Waals surface area contributed by atoms with Gasteiger partial charge in [0.2, 0.25) is 0 Å². The predicted molar refractivity (Wildman–Crippen MR) is 93.4 cm³/mol. The molecular formula is C19H18FN3O3. The maximum Gasteiger partial charge on any atom is 0.383 e. The maximum absolute atomic E-state index is 14.2. The molecule has 1 heterocycles. The second kappa shape index (κ2) is 7.35. The lowest BCUT2D eigenvalue weighted by atomic mass is 10.2. The number of hydrogen-bond donors (Lipinski definition) is 0. The van der Waals surface area contributed by atoms with Gasteiger partial charge in [0.15, 0.2) is 11.5 Å². The summed E-state index contributed by atoms with van der Waals surface area (Å²) in [7, 11) is 1.48. The quantitative estimate of drug-likeness (QED) is 0.515. The Kier molecular flexibility index (Phi) is 4.97. The summed E-state index contributed by atoms with van der Waals surface area (Å²) in [6.45, 7) is 3.77. The summed E-state index contributed by atoms with van der Waals surface area (Å²) in [5.41, 5.74) is 0.222. The predicted octanol–water partition coefficient (Wildman–Crippen LogP) is 3.76. The Balaban J connectivity index is 1.97. The third kappa shape index (κ3) is 3.42. The second-order valence-electron chi connectivity index (χ2n) is 5.85. The van der Waals surface area contributed by atoms with Crippen LogP contribution in [0, 0.1) is 5.82 Å². The van der Waals surface area contributed by atoms with Gasteiger partial charge in [-0.15, -0.1) is 5.10 Å². The number of esters is 1. The lowest BCUT2D eigenvalue weighted by Gasteiger charge is -2.08. The summed E-state index contributed by atoms with van der Waals surface area (Å²) in [4.78, 5) is 16.7. The summed E-state index contributed by atoms with van der Waals surface area (Å²) in [6.07, 6.45) is 0. The molecule has 3 aromatic rings. The van der Waals surface area contributed by atoms with E-state index in [1.165, 1.54) is 17.9 Å². The fourth-order valence-corrected chi connectivity index (χ4v) is 2.43. The second-order valence-corrected chi connectivity index (χ2v) is 5.85. The van der Waals surface area contributed by atoms with Crippen molar-refractivity contribution in [2.24, 2.45) is 0 Å². The Morgan fingerprint density at radius 2 is 1.73 bits per heavy atom. The van der Waals surface area contributed by atoms with Crippen molar-refractivity contribution in [2.75, 3.05) is 7.11 Å². The molecule has 0 fully saturated rings. The first-order valence-corrected chi connectivity index (χ1v) is 8.08. The van der Waals surface area contributed by atoms with Gasteiger partial charge in [-0.3, -0.25) is 0 Å². The Morgan fingerprint density at radius 1 is 1.08 bits per heavy atom. The van der Waals surface area contributed by atoms with Gasteiger partial charge in [-0.1, -0.05) is 38.1 Å². The molecule has 0 N–H and O–H groups in total. The minimum Gasteiger partial charge on any atom is -0.493 e. The van der Waals surface area contributed by atoms with Gasteiger partial charge in [0.25, 0.3) is 5.82 Å². The summed E-state index contributed by atoms with van der Waals surface area (Å²) in [5.74, 6) is -0.290. The Bertz CT molecular complexity index is 937. The van der Waals surface area contributed by atoms with Crippen LogP contribution in [0.1, 0.15) is 36.2 Å². The van der Waals surface area contributed by atoms with Crippen LogP contribution in [-0.4, -0.2) is 27.8 Å². The molecule has 0 amide bonds. The fraction of sp³-hybridized carbons (Fsp3) is 0.211. The number of ether oxygens (including phenoxy) is 2. The van der Waals surface area contributed by atoms with Crippen molar-refractivity contribution >= 4 is 5.97 Å². The average Bonchev–Trinajstić information content (AvgIpc) is 3.08. The minimum absolute atomic E-state index is 0.0742. The molecule has 2 aromatic carbocycles. The molecule has 1 aromatic heterocycles. The number of aromatic nitrogens is 3. The first kappa shape index (κ1) is 17.6. The van der Waals surface area contributed by atoms with Crippen LogP contribution < -0.4 is 9.47 Å². The molecular weight excluding hydrogens is 337 g/mol. The van der Waals surface area contributed by atoms with Crippen molar-refractivity contribution in [3.63, 3.8) is 0 Å². The van der Waals surface area contributed by atoms with Crippen molar-refractivity contribution in [1.29, 1.82) is 0 Å². The number of carbonyl (C=O) groups is 1. The molecule has 0 aliphatic heterocycles. The molecule has 6 nitrogen and oxygen atoms in total. The smallest absolute Gasteiger partial charge is 0.383 e. The zero-order valence-corrected chi connectivity index (χ0v) is 14.6. The monoisotopic (exact) mass is 355 g/mol. The van der Waals surface area contributed by atoms with E-state index < -0.39 is 11.8 Å². The number of methoxy groups -OCH3 is 1. The zero-order valence-electron chi connectivity index (χ0n) is 14.6. The highest BCUT2D eigenvalue weighted by molar-refractivity contribution is 5.87. The molecule has 26 heavy (non-hydrogen) atoms. The van der Waals surface area contributed by atoms with Gasteiger partial charge in [-0.05, 0) is 24.3 Å². The van der Waals surface area contributed by atoms with E-state index in [0.29, 0.717) is 11.6 Å². The van der Waals surface area contributed by atoms with E-state index in [0.717, 1.165) is 0 Å². The molecule has 0 unspecified atom stereocenters. The lowest BCUT2D eigenvalue weighted by molar-refractivity contribution is 0.0717. The average molecular weight is 355 g/mol. The van der Waals surface area contributed by atoms with E-state index in [2.05, 4.69) is 10.1 Å². The topological polar surface area (TPSA) is 66.2 Å². The molecule has 0 saturated heterocycles. The molecule has 0 aliphatic carbocycles. The molecule has 0 bridgehead atoms. The molecule has 0 saturated carbocycles. The number of nitrogens with zero attached hydrogens (tertiary/aromatic N) is 3. The van der Waals surface area contributed by atoms with Crippen LogP contribution in [0.5, 0.6) is 11.5 Å². The molecule has 0 radical (unpaired) electrons. The van der Waals surface area contributed by atoms with E-state index in [1.807, 2.05) is 13.8 Å². The van der Waals surface area contributed by atoms with Gasteiger partial charge >= 0.3 is 5.97 Å². The molecule has 7 heteroatoms. The van der Waals surface area contributed by atoms with Gasteiger partial charge in [-0.25, -0.2) is 18.9 Å². The highest BCUT2D eigenvalue weighted by atomic mass is 19.1. The number of benzene rings is 2. The third-order valence-electron chi connectivity index (χ3n) is 3.68. The summed E-state index contributed by atoms with van der Waals surface area (Å²) in [6, 6.07) is 12.9. The van der Waals surface area contributed by atoms with Crippen LogP contribution in [0.2, 0.25) is 0 Å². The number of carbonyl (C=O) groups excluding carboxylic acids is 1. The van der Waals surface area contributed by atoms with Crippen molar-refractivity contribution in [2.45, 2.75) is 19.8 Å². The zero-order chi connectivity index (χ0) is 18.7. The van der Waals surface area contributed by atoms with Gasteiger partial charge in [-0.2, -0.15) is 0 Å². The normalized spacial score (nSPS) is 10.8. The van der Waals surface area contributed by atoms with Gasteiger partial charge < -0.3 is 9.47 Å².